The zero-order valence-corrected chi connectivity index (χ0v) is 23.7. The lowest BCUT2D eigenvalue weighted by molar-refractivity contribution is -0.152. The molecule has 0 bridgehead atoms. The molecule has 9 nitrogen and oxygen atoms in total. The maximum absolute atomic E-state index is 13.9. The monoisotopic (exact) mass is 569 g/mol. The normalized spacial score (nSPS) is 24.0. The third-order valence-corrected chi connectivity index (χ3v) is 10.9. The Morgan fingerprint density at radius 1 is 1.00 bits per heavy atom. The number of aromatic nitrogens is 1. The van der Waals surface area contributed by atoms with Crippen molar-refractivity contribution in [3.63, 3.8) is 0 Å². The lowest BCUT2D eigenvalue weighted by Crippen LogP contribution is -2.70. The Bertz CT molecular complexity index is 1510. The molecule has 3 aromatic rings. The second-order valence-electron chi connectivity index (χ2n) is 10.8. The summed E-state index contributed by atoms with van der Waals surface area (Å²) >= 11 is 6.11. The molecule has 0 N–H and O–H groups in total. The number of piperidine rings is 1. The summed E-state index contributed by atoms with van der Waals surface area (Å²) in [6.45, 7) is 2.39. The van der Waals surface area contributed by atoms with Crippen molar-refractivity contribution >= 4 is 44.0 Å². The Morgan fingerprint density at radius 3 is 2.41 bits per heavy atom. The van der Waals surface area contributed by atoms with Crippen LogP contribution in [0.25, 0.3) is 10.8 Å². The summed E-state index contributed by atoms with van der Waals surface area (Å²) in [5.74, 6) is -0.199. The molecule has 1 amide bonds. The SMILES string of the molecule is COC[C@]12CN(S(=O)(=O)c3ccc4cc(Cl)ccc4c3)CC(=O)N1CC1(CCN(c3ccncc3)CC1)N2C. The number of halogens is 1. The van der Waals surface area contributed by atoms with Crippen LogP contribution in [0.2, 0.25) is 5.02 Å². The zero-order chi connectivity index (χ0) is 27.4. The van der Waals surface area contributed by atoms with Gasteiger partial charge in [-0.15, -0.1) is 0 Å². The number of methoxy groups -OCH3 is 1. The molecule has 3 aliphatic rings. The van der Waals surface area contributed by atoms with Crippen LogP contribution in [-0.2, 0) is 19.6 Å². The van der Waals surface area contributed by atoms with E-state index in [1.807, 2.05) is 24.1 Å². The number of carbonyl (C=O) groups is 1. The van der Waals surface area contributed by atoms with E-state index in [0.717, 1.165) is 42.4 Å². The number of likely N-dealkylation sites (N-methyl/N-ethyl adjacent to an activating group) is 1. The van der Waals surface area contributed by atoms with Gasteiger partial charge in [0.05, 0.1) is 24.6 Å². The van der Waals surface area contributed by atoms with Crippen LogP contribution < -0.4 is 4.90 Å². The number of sulfonamides is 1. The van der Waals surface area contributed by atoms with Crippen molar-refractivity contribution in [2.45, 2.75) is 28.9 Å². The first kappa shape index (κ1) is 26.5. The molecule has 3 saturated heterocycles. The van der Waals surface area contributed by atoms with Crippen LogP contribution >= 0.6 is 11.6 Å². The van der Waals surface area contributed by atoms with Crippen molar-refractivity contribution in [3.05, 3.63) is 65.9 Å². The Labute approximate surface area is 233 Å². The topological polar surface area (TPSA) is 86.3 Å². The minimum Gasteiger partial charge on any atom is -0.381 e. The molecule has 0 saturated carbocycles. The number of fused-ring (bicyclic) bond motifs is 2. The van der Waals surface area contributed by atoms with Gasteiger partial charge in [-0.2, -0.15) is 4.31 Å². The molecule has 1 aromatic heterocycles. The largest absolute Gasteiger partial charge is 0.381 e. The maximum Gasteiger partial charge on any atom is 0.243 e. The number of pyridine rings is 1. The Morgan fingerprint density at radius 2 is 1.69 bits per heavy atom. The quantitative estimate of drug-likeness (QED) is 0.467. The smallest absolute Gasteiger partial charge is 0.243 e. The van der Waals surface area contributed by atoms with E-state index < -0.39 is 15.7 Å². The van der Waals surface area contributed by atoms with Gasteiger partial charge in [-0.3, -0.25) is 14.7 Å². The van der Waals surface area contributed by atoms with Crippen molar-refractivity contribution in [1.82, 2.24) is 19.1 Å². The number of carbonyl (C=O) groups excluding carboxylic acids is 1. The highest BCUT2D eigenvalue weighted by Crippen LogP contribution is 2.46. The number of benzene rings is 2. The molecule has 11 heteroatoms. The molecule has 4 heterocycles. The first-order valence-electron chi connectivity index (χ1n) is 13.1. The van der Waals surface area contributed by atoms with Crippen LogP contribution in [0.5, 0.6) is 0 Å². The van der Waals surface area contributed by atoms with Gasteiger partial charge < -0.3 is 14.5 Å². The fourth-order valence-electron chi connectivity index (χ4n) is 6.61. The van der Waals surface area contributed by atoms with Gasteiger partial charge >= 0.3 is 0 Å². The lowest BCUT2D eigenvalue weighted by Gasteiger charge is -2.50. The average Bonchev–Trinajstić information content (AvgIpc) is 3.17. The van der Waals surface area contributed by atoms with Crippen LogP contribution in [0.4, 0.5) is 5.69 Å². The van der Waals surface area contributed by atoms with Gasteiger partial charge in [-0.25, -0.2) is 8.42 Å². The molecule has 3 fully saturated rings. The molecule has 0 aliphatic carbocycles. The summed E-state index contributed by atoms with van der Waals surface area (Å²) in [6, 6.07) is 14.4. The molecule has 39 heavy (non-hydrogen) atoms. The van der Waals surface area contributed by atoms with E-state index >= 15 is 0 Å². The molecule has 6 rings (SSSR count). The third-order valence-electron chi connectivity index (χ3n) is 8.84. The molecule has 2 aromatic carbocycles. The number of rotatable bonds is 5. The second-order valence-corrected chi connectivity index (χ2v) is 13.2. The van der Waals surface area contributed by atoms with E-state index in [-0.39, 0.29) is 36.0 Å². The highest BCUT2D eigenvalue weighted by molar-refractivity contribution is 7.89. The Kier molecular flexibility index (Phi) is 6.59. The highest BCUT2D eigenvalue weighted by atomic mass is 35.5. The van der Waals surface area contributed by atoms with Crippen molar-refractivity contribution < 1.29 is 17.9 Å². The summed E-state index contributed by atoms with van der Waals surface area (Å²) in [5, 5.41) is 2.22. The molecule has 0 radical (unpaired) electrons. The minimum atomic E-state index is -3.95. The molecule has 3 aliphatic heterocycles. The van der Waals surface area contributed by atoms with Crippen LogP contribution in [0.3, 0.4) is 0 Å². The standard InChI is InChI=1S/C28H32ClN5O4S/c1-31-27(9-13-32(14-10-27)24-7-11-30-12-8-24)18-34-26(35)17-33(19-28(31,34)20-38-2)39(36,37)25-6-4-21-15-23(29)5-3-22(21)16-25/h3-8,11-12,15-16H,9-10,13-14,17-20H2,1-2H3/t28-/m0/s1. The van der Waals surface area contributed by atoms with E-state index in [1.54, 1.807) is 55.9 Å². The van der Waals surface area contributed by atoms with E-state index in [4.69, 9.17) is 16.3 Å². The zero-order valence-electron chi connectivity index (χ0n) is 22.1. The van der Waals surface area contributed by atoms with Crippen LogP contribution in [0, 0.1) is 0 Å². The molecule has 206 valence electrons. The fraction of sp³-hybridized carbons (Fsp3) is 0.429. The predicted molar refractivity (Wildman–Crippen MR) is 150 cm³/mol. The number of hydrogen-bond donors (Lipinski definition) is 0. The predicted octanol–water partition coefficient (Wildman–Crippen LogP) is 3.05. The van der Waals surface area contributed by atoms with Gasteiger partial charge in [-0.1, -0.05) is 23.7 Å². The summed E-state index contributed by atoms with van der Waals surface area (Å²) < 4.78 is 34.8. The Hall–Kier alpha value is -2.76. The van der Waals surface area contributed by atoms with Gasteiger partial charge in [0, 0.05) is 55.4 Å². The van der Waals surface area contributed by atoms with Crippen LogP contribution in [0.15, 0.2) is 65.8 Å². The number of anilines is 1. The van der Waals surface area contributed by atoms with Crippen molar-refractivity contribution in [3.8, 4) is 0 Å². The van der Waals surface area contributed by atoms with E-state index in [1.165, 1.54) is 4.31 Å². The van der Waals surface area contributed by atoms with Crippen molar-refractivity contribution in [2.24, 2.45) is 0 Å². The third kappa shape index (κ3) is 4.29. The number of amides is 1. The molecule has 1 spiro atoms. The van der Waals surface area contributed by atoms with Crippen molar-refractivity contribution in [1.29, 1.82) is 0 Å². The van der Waals surface area contributed by atoms with Gasteiger partial charge in [0.15, 0.2) is 0 Å². The minimum absolute atomic E-state index is 0.139. The summed E-state index contributed by atoms with van der Waals surface area (Å²) in [6.07, 6.45) is 5.29. The summed E-state index contributed by atoms with van der Waals surface area (Å²) in [5.41, 5.74) is -0.0177. The van der Waals surface area contributed by atoms with E-state index in [2.05, 4.69) is 14.8 Å². The molecular formula is C28H32ClN5O4S. The molecule has 0 unspecified atom stereocenters. The second kappa shape index (κ2) is 9.71. The van der Waals surface area contributed by atoms with Gasteiger partial charge in [0.2, 0.25) is 15.9 Å². The van der Waals surface area contributed by atoms with Gasteiger partial charge in [-0.05, 0) is 67.1 Å². The van der Waals surface area contributed by atoms with E-state index in [9.17, 15) is 13.2 Å². The first-order valence-corrected chi connectivity index (χ1v) is 14.9. The summed E-state index contributed by atoms with van der Waals surface area (Å²) in [7, 11) is -0.326. The Balaban J connectivity index is 1.30. The maximum atomic E-state index is 13.9. The number of piperazine rings is 1. The van der Waals surface area contributed by atoms with Gasteiger partial charge in [0.1, 0.15) is 5.66 Å². The lowest BCUT2D eigenvalue weighted by atomic mass is 9.86. The molecular weight excluding hydrogens is 538 g/mol. The fourth-order valence-corrected chi connectivity index (χ4v) is 8.26. The number of nitrogens with zero attached hydrogens (tertiary/aromatic N) is 5. The van der Waals surface area contributed by atoms with E-state index in [0.29, 0.717) is 11.6 Å². The van der Waals surface area contributed by atoms with Gasteiger partial charge in [0.25, 0.3) is 0 Å². The summed E-state index contributed by atoms with van der Waals surface area (Å²) in [4.78, 5) is 24.4. The highest BCUT2D eigenvalue weighted by Gasteiger charge is 2.63. The number of hydrogen-bond acceptors (Lipinski definition) is 7. The molecule has 1 atom stereocenters. The van der Waals surface area contributed by atoms with Crippen LogP contribution in [-0.4, -0.2) is 98.1 Å². The van der Waals surface area contributed by atoms with Crippen LogP contribution in [0.1, 0.15) is 12.8 Å². The van der Waals surface area contributed by atoms with Crippen molar-refractivity contribution in [2.75, 3.05) is 58.4 Å². The average molecular weight is 570 g/mol. The number of ether oxygens (including phenoxy) is 1. The first-order chi connectivity index (χ1) is 18.7.